The summed E-state index contributed by atoms with van der Waals surface area (Å²) in [6.07, 6.45) is 5.50. The Morgan fingerprint density at radius 1 is 1.21 bits per heavy atom. The Kier molecular flexibility index (Phi) is 4.95. The lowest BCUT2D eigenvalue weighted by molar-refractivity contribution is -0.118. The highest BCUT2D eigenvalue weighted by Crippen LogP contribution is 2.25. The van der Waals surface area contributed by atoms with Crippen molar-refractivity contribution in [2.24, 2.45) is 0 Å². The van der Waals surface area contributed by atoms with E-state index in [1.165, 1.54) is 0 Å². The second kappa shape index (κ2) is 7.70. The Labute approximate surface area is 166 Å². The summed E-state index contributed by atoms with van der Waals surface area (Å²) < 4.78 is 7.35. The Balaban J connectivity index is 1.49. The van der Waals surface area contributed by atoms with Gasteiger partial charge in [0.2, 0.25) is 5.78 Å². The van der Waals surface area contributed by atoms with Crippen LogP contribution in [0.2, 0.25) is 5.02 Å². The first-order valence-electron chi connectivity index (χ1n) is 8.67. The van der Waals surface area contributed by atoms with Gasteiger partial charge in [0.25, 0.3) is 5.91 Å². The molecule has 140 valence electrons. The quantitative estimate of drug-likeness (QED) is 0.547. The van der Waals surface area contributed by atoms with Crippen LogP contribution < -0.4 is 10.1 Å². The van der Waals surface area contributed by atoms with Gasteiger partial charge in [-0.1, -0.05) is 23.7 Å². The minimum absolute atomic E-state index is 0.0937. The Hall–Kier alpha value is -3.38. The monoisotopic (exact) mass is 392 g/mol. The minimum Gasteiger partial charge on any atom is -0.484 e. The molecule has 1 amide bonds. The highest BCUT2D eigenvalue weighted by molar-refractivity contribution is 6.30. The topological polar surface area (TPSA) is 68.5 Å². The summed E-state index contributed by atoms with van der Waals surface area (Å²) in [5.41, 5.74) is 3.34. The predicted octanol–water partition coefficient (Wildman–Crippen LogP) is 4.38. The van der Waals surface area contributed by atoms with Gasteiger partial charge in [0.15, 0.2) is 6.61 Å². The van der Waals surface area contributed by atoms with E-state index in [0.717, 1.165) is 16.8 Å². The number of aromatic nitrogens is 3. The molecule has 0 spiro atoms. The largest absolute Gasteiger partial charge is 0.484 e. The fraction of sp³-hybridized carbons (Fsp3) is 0.0952. The Morgan fingerprint density at radius 3 is 2.82 bits per heavy atom. The Bertz CT molecular complexity index is 1110. The molecule has 28 heavy (non-hydrogen) atoms. The van der Waals surface area contributed by atoms with Crippen LogP contribution in [0.3, 0.4) is 0 Å². The second-order valence-corrected chi connectivity index (χ2v) is 6.71. The third-order valence-corrected chi connectivity index (χ3v) is 4.48. The first-order valence-corrected chi connectivity index (χ1v) is 9.05. The smallest absolute Gasteiger partial charge is 0.262 e. The molecule has 0 aliphatic heterocycles. The normalized spacial score (nSPS) is 10.8. The zero-order valence-corrected chi connectivity index (χ0v) is 15.8. The molecule has 0 aliphatic carbocycles. The van der Waals surface area contributed by atoms with Gasteiger partial charge in [-0.2, -0.15) is 0 Å². The van der Waals surface area contributed by atoms with Crippen LogP contribution in [-0.2, 0) is 4.79 Å². The molecular formula is C21H17ClN4O2. The summed E-state index contributed by atoms with van der Waals surface area (Å²) in [6.45, 7) is 1.84. The summed E-state index contributed by atoms with van der Waals surface area (Å²) in [7, 11) is 0. The number of anilines is 1. The highest BCUT2D eigenvalue weighted by Gasteiger charge is 2.10. The number of ether oxygens (including phenoxy) is 1. The van der Waals surface area contributed by atoms with E-state index in [0.29, 0.717) is 22.2 Å². The number of amides is 1. The first-order chi connectivity index (χ1) is 13.6. The maximum absolute atomic E-state index is 12.3. The number of nitrogens with one attached hydrogen (secondary N) is 1. The van der Waals surface area contributed by atoms with Crippen molar-refractivity contribution in [3.05, 3.63) is 77.7 Å². The number of rotatable bonds is 5. The maximum Gasteiger partial charge on any atom is 0.262 e. The molecule has 0 atom stereocenters. The second-order valence-electron chi connectivity index (χ2n) is 6.27. The van der Waals surface area contributed by atoms with Crippen molar-refractivity contribution < 1.29 is 9.53 Å². The van der Waals surface area contributed by atoms with E-state index < -0.39 is 0 Å². The molecule has 2 aromatic heterocycles. The zero-order valence-electron chi connectivity index (χ0n) is 15.1. The number of hydrogen-bond donors (Lipinski definition) is 1. The van der Waals surface area contributed by atoms with E-state index >= 15 is 0 Å². The van der Waals surface area contributed by atoms with Gasteiger partial charge < -0.3 is 10.1 Å². The van der Waals surface area contributed by atoms with E-state index in [2.05, 4.69) is 15.3 Å². The molecule has 7 heteroatoms. The molecule has 0 aliphatic rings. The third kappa shape index (κ3) is 3.97. The molecule has 4 aromatic rings. The van der Waals surface area contributed by atoms with Crippen molar-refractivity contribution in [1.82, 2.24) is 14.4 Å². The number of carbonyl (C=O) groups excluding carboxylic acids is 1. The summed E-state index contributed by atoms with van der Waals surface area (Å²) in [6, 6.07) is 14.5. The van der Waals surface area contributed by atoms with Crippen LogP contribution in [0.25, 0.3) is 17.0 Å². The van der Waals surface area contributed by atoms with Crippen LogP contribution in [-0.4, -0.2) is 26.9 Å². The van der Waals surface area contributed by atoms with Crippen molar-refractivity contribution in [2.45, 2.75) is 6.92 Å². The fourth-order valence-electron chi connectivity index (χ4n) is 2.75. The predicted molar refractivity (Wildman–Crippen MR) is 109 cm³/mol. The van der Waals surface area contributed by atoms with Crippen LogP contribution >= 0.6 is 11.6 Å². The van der Waals surface area contributed by atoms with E-state index in [1.807, 2.05) is 48.0 Å². The van der Waals surface area contributed by atoms with E-state index in [-0.39, 0.29) is 12.5 Å². The molecule has 6 nitrogen and oxygen atoms in total. The minimum atomic E-state index is -0.244. The van der Waals surface area contributed by atoms with Crippen molar-refractivity contribution in [1.29, 1.82) is 0 Å². The average Bonchev–Trinajstić information content (AvgIpc) is 3.13. The fourth-order valence-corrected chi connectivity index (χ4v) is 2.88. The van der Waals surface area contributed by atoms with Crippen molar-refractivity contribution >= 4 is 29.0 Å². The lowest BCUT2D eigenvalue weighted by Gasteiger charge is -2.11. The van der Waals surface area contributed by atoms with Crippen LogP contribution in [0.5, 0.6) is 5.75 Å². The van der Waals surface area contributed by atoms with Gasteiger partial charge in [-0.3, -0.25) is 9.20 Å². The van der Waals surface area contributed by atoms with Crippen LogP contribution in [0.15, 0.2) is 67.1 Å². The van der Waals surface area contributed by atoms with Gasteiger partial charge in [-0.15, -0.1) is 0 Å². The molecule has 0 fully saturated rings. The number of benzene rings is 2. The molecule has 4 rings (SSSR count). The summed E-state index contributed by atoms with van der Waals surface area (Å²) in [4.78, 5) is 21.1. The van der Waals surface area contributed by atoms with Crippen molar-refractivity contribution in [3.63, 3.8) is 0 Å². The number of hydrogen-bond acceptors (Lipinski definition) is 4. The van der Waals surface area contributed by atoms with Crippen molar-refractivity contribution in [3.8, 4) is 17.0 Å². The van der Waals surface area contributed by atoms with Gasteiger partial charge in [0.1, 0.15) is 5.75 Å². The van der Waals surface area contributed by atoms with Gasteiger partial charge in [-0.25, -0.2) is 9.97 Å². The van der Waals surface area contributed by atoms with E-state index in [4.69, 9.17) is 16.3 Å². The van der Waals surface area contributed by atoms with Gasteiger partial charge in [-0.05, 0) is 48.9 Å². The molecule has 2 aromatic carbocycles. The van der Waals surface area contributed by atoms with Crippen LogP contribution in [0.4, 0.5) is 5.69 Å². The number of aryl methyl sites for hydroxylation is 1. The third-order valence-electron chi connectivity index (χ3n) is 4.23. The van der Waals surface area contributed by atoms with Crippen molar-refractivity contribution in [2.75, 3.05) is 11.9 Å². The molecular weight excluding hydrogens is 376 g/mol. The van der Waals surface area contributed by atoms with E-state index in [1.54, 1.807) is 30.5 Å². The van der Waals surface area contributed by atoms with Crippen LogP contribution in [0, 0.1) is 6.92 Å². The van der Waals surface area contributed by atoms with E-state index in [9.17, 15) is 4.79 Å². The molecule has 0 bridgehead atoms. The SMILES string of the molecule is Cc1ccc(-c2cn3cccnc3n2)cc1NC(=O)COc1ccc(Cl)cc1. The van der Waals surface area contributed by atoms with Gasteiger partial charge in [0, 0.05) is 34.9 Å². The molecule has 0 unspecified atom stereocenters. The number of halogens is 1. The lowest BCUT2D eigenvalue weighted by atomic mass is 10.1. The van der Waals surface area contributed by atoms with Gasteiger partial charge in [0.05, 0.1) is 5.69 Å². The lowest BCUT2D eigenvalue weighted by Crippen LogP contribution is -2.20. The Morgan fingerprint density at radius 2 is 2.04 bits per heavy atom. The number of nitrogens with zero attached hydrogens (tertiary/aromatic N) is 3. The highest BCUT2D eigenvalue weighted by atomic mass is 35.5. The number of carbonyl (C=O) groups is 1. The number of imidazole rings is 1. The molecule has 0 saturated carbocycles. The molecule has 2 heterocycles. The molecule has 0 radical (unpaired) electrons. The summed E-state index contributed by atoms with van der Waals surface area (Å²) >= 11 is 5.84. The van der Waals surface area contributed by atoms with Gasteiger partial charge >= 0.3 is 0 Å². The maximum atomic E-state index is 12.3. The average molecular weight is 393 g/mol. The number of fused-ring (bicyclic) bond motifs is 1. The van der Waals surface area contributed by atoms with Crippen LogP contribution in [0.1, 0.15) is 5.56 Å². The summed E-state index contributed by atoms with van der Waals surface area (Å²) in [5.74, 6) is 0.967. The first kappa shape index (κ1) is 18.0. The summed E-state index contributed by atoms with van der Waals surface area (Å²) in [5, 5.41) is 3.51. The standard InChI is InChI=1S/C21H17ClN4O2/c1-14-3-4-15(19-12-26-10-2-9-23-21(26)25-19)11-18(14)24-20(27)13-28-17-7-5-16(22)6-8-17/h2-12H,13H2,1H3,(H,24,27). The molecule has 0 saturated heterocycles. The molecule has 1 N–H and O–H groups in total. The zero-order chi connectivity index (χ0) is 19.5.